The molecule has 1 amide bonds. The lowest BCUT2D eigenvalue weighted by Crippen LogP contribution is -2.39. The molecule has 1 aromatic carbocycles. The molecule has 1 aliphatic heterocycles. The Morgan fingerprint density at radius 2 is 2.26 bits per heavy atom. The van der Waals surface area contributed by atoms with Gasteiger partial charge in [0.25, 0.3) is 5.91 Å². The van der Waals surface area contributed by atoms with Gasteiger partial charge in [-0.05, 0) is 50.0 Å². The fourth-order valence-corrected chi connectivity index (χ4v) is 2.79. The molecule has 1 fully saturated rings. The second-order valence-corrected chi connectivity index (χ2v) is 5.87. The Balaban J connectivity index is 2.03. The van der Waals surface area contributed by atoms with Crippen LogP contribution in [0, 0.1) is 5.92 Å². The van der Waals surface area contributed by atoms with E-state index in [9.17, 15) is 4.79 Å². The number of piperidine rings is 1. The fourth-order valence-electron chi connectivity index (χ4n) is 2.42. The molecule has 2 rings (SSSR count). The van der Waals surface area contributed by atoms with E-state index in [4.69, 9.17) is 23.2 Å². The van der Waals surface area contributed by atoms with Crippen molar-refractivity contribution in [1.29, 1.82) is 0 Å². The molecule has 0 radical (unpaired) electrons. The van der Waals surface area contributed by atoms with Crippen molar-refractivity contribution in [2.75, 3.05) is 26.7 Å². The molecule has 3 nitrogen and oxygen atoms in total. The molecule has 0 spiro atoms. The highest BCUT2D eigenvalue weighted by Crippen LogP contribution is 2.22. The number of amides is 1. The average molecular weight is 301 g/mol. The van der Waals surface area contributed by atoms with Crippen molar-refractivity contribution in [3.8, 4) is 0 Å². The van der Waals surface area contributed by atoms with Gasteiger partial charge in [0, 0.05) is 18.6 Å². The topological polar surface area (TPSA) is 32.3 Å². The zero-order valence-electron chi connectivity index (χ0n) is 11.0. The van der Waals surface area contributed by atoms with Gasteiger partial charge in [0.1, 0.15) is 0 Å². The maximum absolute atomic E-state index is 12.4. The number of nitrogens with one attached hydrogen (secondary N) is 1. The third kappa shape index (κ3) is 3.85. The first kappa shape index (κ1) is 14.6. The van der Waals surface area contributed by atoms with Gasteiger partial charge in [0.05, 0.1) is 10.6 Å². The largest absolute Gasteiger partial charge is 0.341 e. The van der Waals surface area contributed by atoms with E-state index in [-0.39, 0.29) is 5.91 Å². The van der Waals surface area contributed by atoms with Crippen LogP contribution >= 0.6 is 23.2 Å². The number of halogens is 2. The van der Waals surface area contributed by atoms with Gasteiger partial charge in [-0.25, -0.2) is 0 Å². The molecule has 1 saturated heterocycles. The van der Waals surface area contributed by atoms with Crippen LogP contribution in [-0.4, -0.2) is 37.5 Å². The van der Waals surface area contributed by atoms with Crippen LogP contribution in [0.25, 0.3) is 0 Å². The summed E-state index contributed by atoms with van der Waals surface area (Å²) in [7, 11) is 1.81. The Labute approximate surface area is 123 Å². The molecule has 1 heterocycles. The van der Waals surface area contributed by atoms with E-state index >= 15 is 0 Å². The minimum Gasteiger partial charge on any atom is -0.341 e. The van der Waals surface area contributed by atoms with Gasteiger partial charge in [-0.2, -0.15) is 0 Å². The quantitative estimate of drug-likeness (QED) is 0.930. The summed E-state index contributed by atoms with van der Waals surface area (Å²) in [6.07, 6.45) is 2.33. The lowest BCUT2D eigenvalue weighted by molar-refractivity contribution is 0.0765. The van der Waals surface area contributed by atoms with Crippen LogP contribution < -0.4 is 5.32 Å². The molecule has 1 atom stereocenters. The molecule has 1 N–H and O–H groups in total. The minimum absolute atomic E-state index is 0.0712. The smallest absolute Gasteiger partial charge is 0.255 e. The van der Waals surface area contributed by atoms with Crippen molar-refractivity contribution >= 4 is 29.1 Å². The van der Waals surface area contributed by atoms with Gasteiger partial charge < -0.3 is 10.2 Å². The molecule has 0 aliphatic carbocycles. The van der Waals surface area contributed by atoms with Crippen LogP contribution in [0.15, 0.2) is 18.2 Å². The van der Waals surface area contributed by atoms with Gasteiger partial charge in [-0.3, -0.25) is 4.79 Å². The zero-order chi connectivity index (χ0) is 13.8. The van der Waals surface area contributed by atoms with Crippen molar-refractivity contribution in [3.05, 3.63) is 33.8 Å². The number of rotatable bonds is 3. The molecule has 0 bridgehead atoms. The van der Waals surface area contributed by atoms with Crippen molar-refractivity contribution in [2.24, 2.45) is 5.92 Å². The number of hydrogen-bond acceptors (Lipinski definition) is 2. The monoisotopic (exact) mass is 300 g/mol. The van der Waals surface area contributed by atoms with E-state index < -0.39 is 0 Å². The van der Waals surface area contributed by atoms with Crippen molar-refractivity contribution < 1.29 is 4.79 Å². The third-order valence-electron chi connectivity index (χ3n) is 3.44. The summed E-state index contributed by atoms with van der Waals surface area (Å²) >= 11 is 12.0. The lowest BCUT2D eigenvalue weighted by Gasteiger charge is -2.28. The second-order valence-electron chi connectivity index (χ2n) is 5.02. The molecule has 1 aromatic rings. The Bertz CT molecular complexity index is 459. The standard InChI is InChI=1S/C14H18Cl2N2O/c1-18(9-10-3-2-6-17-8-10)14(19)12-7-11(15)4-5-13(12)16/h4-5,7,10,17H,2-3,6,8-9H2,1H3. The van der Waals surface area contributed by atoms with Crippen molar-refractivity contribution in [2.45, 2.75) is 12.8 Å². The highest BCUT2D eigenvalue weighted by Gasteiger charge is 2.20. The summed E-state index contributed by atoms with van der Waals surface area (Å²) in [6, 6.07) is 4.97. The number of nitrogens with zero attached hydrogens (tertiary/aromatic N) is 1. The molecule has 5 heteroatoms. The summed E-state index contributed by atoms with van der Waals surface area (Å²) < 4.78 is 0. The molecule has 104 valence electrons. The zero-order valence-corrected chi connectivity index (χ0v) is 12.5. The molecule has 0 saturated carbocycles. The highest BCUT2D eigenvalue weighted by atomic mass is 35.5. The predicted molar refractivity (Wildman–Crippen MR) is 79.0 cm³/mol. The Kier molecular flexibility index (Phi) is 5.08. The van der Waals surface area contributed by atoms with E-state index in [0.29, 0.717) is 21.5 Å². The van der Waals surface area contributed by atoms with E-state index in [1.165, 1.54) is 6.42 Å². The SMILES string of the molecule is CN(CC1CCCNC1)C(=O)c1cc(Cl)ccc1Cl. The first-order chi connectivity index (χ1) is 9.08. The van der Waals surface area contributed by atoms with E-state index in [1.807, 2.05) is 7.05 Å². The van der Waals surface area contributed by atoms with Crippen LogP contribution in [-0.2, 0) is 0 Å². The van der Waals surface area contributed by atoms with E-state index in [2.05, 4.69) is 5.32 Å². The normalized spacial score (nSPS) is 19.2. The van der Waals surface area contributed by atoms with E-state index in [0.717, 1.165) is 26.1 Å². The van der Waals surface area contributed by atoms with Crippen LogP contribution in [0.2, 0.25) is 10.0 Å². The Hall–Kier alpha value is -0.770. The molecule has 1 aliphatic rings. The lowest BCUT2D eigenvalue weighted by atomic mass is 9.99. The summed E-state index contributed by atoms with van der Waals surface area (Å²) in [5.74, 6) is 0.443. The average Bonchev–Trinajstić information content (AvgIpc) is 2.42. The Morgan fingerprint density at radius 3 is 2.95 bits per heavy atom. The van der Waals surface area contributed by atoms with Gasteiger partial charge in [-0.1, -0.05) is 23.2 Å². The van der Waals surface area contributed by atoms with Crippen molar-refractivity contribution in [1.82, 2.24) is 10.2 Å². The summed E-state index contributed by atoms with van der Waals surface area (Å²) in [5, 5.41) is 4.33. The predicted octanol–water partition coefficient (Wildman–Crippen LogP) is 3.07. The maximum Gasteiger partial charge on any atom is 0.255 e. The second kappa shape index (κ2) is 6.60. The first-order valence-electron chi connectivity index (χ1n) is 6.49. The van der Waals surface area contributed by atoms with Crippen LogP contribution in [0.3, 0.4) is 0 Å². The third-order valence-corrected chi connectivity index (χ3v) is 4.00. The van der Waals surface area contributed by atoms with Crippen LogP contribution in [0.4, 0.5) is 0 Å². The fraction of sp³-hybridized carbons (Fsp3) is 0.500. The number of benzene rings is 1. The molecule has 1 unspecified atom stereocenters. The Morgan fingerprint density at radius 1 is 1.47 bits per heavy atom. The number of carbonyl (C=O) groups excluding carboxylic acids is 1. The molecule has 19 heavy (non-hydrogen) atoms. The minimum atomic E-state index is -0.0712. The summed E-state index contributed by atoms with van der Waals surface area (Å²) in [6.45, 7) is 2.80. The molecule has 0 aromatic heterocycles. The maximum atomic E-state index is 12.4. The first-order valence-corrected chi connectivity index (χ1v) is 7.24. The van der Waals surface area contributed by atoms with Gasteiger partial charge in [0.2, 0.25) is 0 Å². The van der Waals surface area contributed by atoms with E-state index in [1.54, 1.807) is 23.1 Å². The van der Waals surface area contributed by atoms with Gasteiger partial charge >= 0.3 is 0 Å². The van der Waals surface area contributed by atoms with Crippen LogP contribution in [0.5, 0.6) is 0 Å². The van der Waals surface area contributed by atoms with Gasteiger partial charge in [0.15, 0.2) is 0 Å². The molecular formula is C14H18Cl2N2O. The number of carbonyl (C=O) groups is 1. The van der Waals surface area contributed by atoms with Gasteiger partial charge in [-0.15, -0.1) is 0 Å². The number of hydrogen-bond donors (Lipinski definition) is 1. The molecular weight excluding hydrogens is 283 g/mol. The highest BCUT2D eigenvalue weighted by molar-refractivity contribution is 6.35. The van der Waals surface area contributed by atoms with Crippen molar-refractivity contribution in [3.63, 3.8) is 0 Å². The van der Waals surface area contributed by atoms with Crippen LogP contribution in [0.1, 0.15) is 23.2 Å². The summed E-state index contributed by atoms with van der Waals surface area (Å²) in [4.78, 5) is 14.1. The summed E-state index contributed by atoms with van der Waals surface area (Å²) in [5.41, 5.74) is 0.473.